The Morgan fingerprint density at radius 1 is 1.21 bits per heavy atom. The Bertz CT molecular complexity index is 1060. The second-order valence-electron chi connectivity index (χ2n) is 7.31. The van der Waals surface area contributed by atoms with Crippen LogP contribution in [0.25, 0.3) is 10.9 Å². The Morgan fingerprint density at radius 2 is 1.93 bits per heavy atom. The van der Waals surface area contributed by atoms with Gasteiger partial charge in [-0.25, -0.2) is 9.78 Å². The minimum absolute atomic E-state index is 0.0946. The molecule has 10 heteroatoms. The fraction of sp³-hybridized carbons (Fsp3) is 0.421. The van der Waals surface area contributed by atoms with E-state index in [0.717, 1.165) is 36.0 Å². The van der Waals surface area contributed by atoms with Gasteiger partial charge in [0.25, 0.3) is 11.5 Å². The molecule has 0 bridgehead atoms. The van der Waals surface area contributed by atoms with Gasteiger partial charge in [-0.15, -0.1) is 0 Å². The number of hydrogen-bond donors (Lipinski definition) is 2. The maximum atomic E-state index is 12.7. The molecule has 4 amide bonds. The van der Waals surface area contributed by atoms with Crippen molar-refractivity contribution in [3.63, 3.8) is 0 Å². The molecule has 152 valence electrons. The van der Waals surface area contributed by atoms with E-state index in [1.165, 1.54) is 4.57 Å². The Balaban J connectivity index is 1.44. The minimum atomic E-state index is -0.889. The molecule has 2 N–H and O–H groups in total. The van der Waals surface area contributed by atoms with Gasteiger partial charge in [-0.2, -0.15) is 5.01 Å². The number of fused-ring (bicyclic) bond motifs is 1. The third-order valence-corrected chi connectivity index (χ3v) is 6.41. The molecule has 0 atom stereocenters. The lowest BCUT2D eigenvalue weighted by Gasteiger charge is -2.30. The molecule has 1 aliphatic heterocycles. The molecule has 1 aromatic heterocycles. The summed E-state index contributed by atoms with van der Waals surface area (Å²) in [6, 6.07) is 6.38. The first-order valence-corrected chi connectivity index (χ1v) is 10.4. The van der Waals surface area contributed by atoms with Gasteiger partial charge in [0.05, 0.1) is 16.7 Å². The van der Waals surface area contributed by atoms with Crippen LogP contribution in [0.4, 0.5) is 4.79 Å². The molecule has 2 fully saturated rings. The highest BCUT2D eigenvalue weighted by Crippen LogP contribution is 2.33. The third kappa shape index (κ3) is 3.48. The van der Waals surface area contributed by atoms with Crippen LogP contribution in [-0.4, -0.2) is 43.7 Å². The third-order valence-electron chi connectivity index (χ3n) is 5.38. The quantitative estimate of drug-likeness (QED) is 0.442. The molecular weight excluding hydrogens is 394 g/mol. The summed E-state index contributed by atoms with van der Waals surface area (Å²) < 4.78 is 1.38. The van der Waals surface area contributed by atoms with E-state index in [9.17, 15) is 19.2 Å². The number of hydrazine groups is 1. The molecule has 1 saturated heterocycles. The van der Waals surface area contributed by atoms with E-state index >= 15 is 0 Å². The number of hydrogen-bond acceptors (Lipinski definition) is 6. The average Bonchev–Trinajstić information content (AvgIpc) is 2.94. The van der Waals surface area contributed by atoms with Gasteiger partial charge in [0.15, 0.2) is 5.16 Å². The molecule has 29 heavy (non-hydrogen) atoms. The Kier molecular flexibility index (Phi) is 5.03. The summed E-state index contributed by atoms with van der Waals surface area (Å²) in [5, 5.41) is 4.40. The van der Waals surface area contributed by atoms with E-state index in [1.54, 1.807) is 31.3 Å². The van der Waals surface area contributed by atoms with Crippen molar-refractivity contribution in [1.29, 1.82) is 0 Å². The fourth-order valence-corrected chi connectivity index (χ4v) is 4.59. The van der Waals surface area contributed by atoms with Crippen LogP contribution in [0.15, 0.2) is 34.2 Å². The Morgan fingerprint density at radius 3 is 2.69 bits per heavy atom. The summed E-state index contributed by atoms with van der Waals surface area (Å²) in [6.45, 7) is 0. The van der Waals surface area contributed by atoms with E-state index < -0.39 is 23.4 Å². The molecule has 2 aliphatic rings. The number of nitrogens with one attached hydrogen (secondary N) is 2. The van der Waals surface area contributed by atoms with E-state index in [1.807, 2.05) is 0 Å². The maximum absolute atomic E-state index is 12.7. The van der Waals surface area contributed by atoms with Crippen LogP contribution >= 0.6 is 11.8 Å². The van der Waals surface area contributed by atoms with Gasteiger partial charge < -0.3 is 5.32 Å². The second kappa shape index (κ2) is 7.51. The molecule has 0 unspecified atom stereocenters. The predicted octanol–water partition coefficient (Wildman–Crippen LogP) is 1.31. The molecule has 2 aromatic rings. The van der Waals surface area contributed by atoms with Gasteiger partial charge in [-0.1, -0.05) is 43.2 Å². The van der Waals surface area contributed by atoms with Crippen molar-refractivity contribution >= 4 is 40.5 Å². The fourth-order valence-electron chi connectivity index (χ4n) is 3.83. The Hall–Kier alpha value is -2.88. The van der Waals surface area contributed by atoms with Crippen LogP contribution in [0, 0.1) is 0 Å². The van der Waals surface area contributed by atoms with E-state index in [0.29, 0.717) is 28.9 Å². The summed E-state index contributed by atoms with van der Waals surface area (Å²) in [6.07, 6.45) is 3.94. The highest BCUT2D eigenvalue weighted by molar-refractivity contribution is 7.99. The molecule has 1 aliphatic carbocycles. The summed E-state index contributed by atoms with van der Waals surface area (Å²) in [7, 11) is 1.59. The van der Waals surface area contributed by atoms with Crippen molar-refractivity contribution < 1.29 is 14.4 Å². The number of urea groups is 1. The standard InChI is InChI=1S/C19H21N5O4S/c1-23-15(26)12-7-3-4-8-13(12)20-18(23)29-11-14(25)22-24-16(27)19(21-17(24)28)9-5-2-6-10-19/h3-4,7-8H,2,5-6,9-11H2,1H3,(H,21,28)(H,22,25). The number of nitrogens with zero attached hydrogens (tertiary/aromatic N) is 3. The van der Waals surface area contributed by atoms with E-state index in [-0.39, 0.29) is 11.3 Å². The smallest absolute Gasteiger partial charge is 0.322 e. The SMILES string of the molecule is Cn1c(SCC(=O)NN2C(=O)NC3(CCCCC3)C2=O)nc2ccccc2c1=O. The molecule has 2 heterocycles. The number of benzene rings is 1. The van der Waals surface area contributed by atoms with Crippen LogP contribution in [0.3, 0.4) is 0 Å². The number of para-hydroxylation sites is 1. The molecule has 4 rings (SSSR count). The summed E-state index contributed by atoms with van der Waals surface area (Å²) in [5.41, 5.74) is 1.84. The van der Waals surface area contributed by atoms with E-state index in [4.69, 9.17) is 0 Å². The molecule has 1 spiro atoms. The number of imide groups is 1. The van der Waals surface area contributed by atoms with Crippen molar-refractivity contribution in [2.24, 2.45) is 7.05 Å². The predicted molar refractivity (Wildman–Crippen MR) is 107 cm³/mol. The molecule has 1 aromatic carbocycles. The zero-order valence-corrected chi connectivity index (χ0v) is 16.8. The van der Waals surface area contributed by atoms with Gasteiger partial charge in [0.2, 0.25) is 5.91 Å². The first kappa shape index (κ1) is 19.4. The summed E-state index contributed by atoms with van der Waals surface area (Å²) in [5.74, 6) is -1.02. The van der Waals surface area contributed by atoms with Crippen LogP contribution in [-0.2, 0) is 16.6 Å². The number of carbonyl (C=O) groups is 3. The van der Waals surface area contributed by atoms with Crippen LogP contribution in [0.5, 0.6) is 0 Å². The molecule has 0 radical (unpaired) electrons. The highest BCUT2D eigenvalue weighted by atomic mass is 32.2. The molecule has 9 nitrogen and oxygen atoms in total. The largest absolute Gasteiger partial charge is 0.344 e. The van der Waals surface area contributed by atoms with Gasteiger partial charge in [0, 0.05) is 7.05 Å². The van der Waals surface area contributed by atoms with Crippen LogP contribution in [0.2, 0.25) is 0 Å². The first-order valence-electron chi connectivity index (χ1n) is 9.46. The van der Waals surface area contributed by atoms with Crippen LogP contribution in [0.1, 0.15) is 32.1 Å². The first-order chi connectivity index (χ1) is 13.9. The average molecular weight is 415 g/mol. The van der Waals surface area contributed by atoms with Gasteiger partial charge >= 0.3 is 6.03 Å². The minimum Gasteiger partial charge on any atom is -0.322 e. The van der Waals surface area contributed by atoms with Gasteiger partial charge in [0.1, 0.15) is 5.54 Å². The molecule has 1 saturated carbocycles. The zero-order chi connectivity index (χ0) is 20.6. The van der Waals surface area contributed by atoms with Gasteiger partial charge in [-0.05, 0) is 25.0 Å². The van der Waals surface area contributed by atoms with Crippen molar-refractivity contribution in [1.82, 2.24) is 25.3 Å². The number of rotatable bonds is 4. The number of thioether (sulfide) groups is 1. The summed E-state index contributed by atoms with van der Waals surface area (Å²) in [4.78, 5) is 54.2. The van der Waals surface area contributed by atoms with Crippen molar-refractivity contribution in [3.8, 4) is 0 Å². The van der Waals surface area contributed by atoms with Gasteiger partial charge in [-0.3, -0.25) is 24.4 Å². The number of amides is 4. The maximum Gasteiger partial charge on any atom is 0.344 e. The second-order valence-corrected chi connectivity index (χ2v) is 8.26. The monoisotopic (exact) mass is 415 g/mol. The van der Waals surface area contributed by atoms with E-state index in [2.05, 4.69) is 15.7 Å². The lowest BCUT2D eigenvalue weighted by Crippen LogP contribution is -2.51. The molecular formula is C19H21N5O4S. The zero-order valence-electron chi connectivity index (χ0n) is 15.9. The normalized spacial score (nSPS) is 18.3. The lowest BCUT2D eigenvalue weighted by atomic mass is 9.82. The topological polar surface area (TPSA) is 113 Å². The lowest BCUT2D eigenvalue weighted by molar-refractivity contribution is -0.139. The van der Waals surface area contributed by atoms with Crippen molar-refractivity contribution in [2.75, 3.05) is 5.75 Å². The van der Waals surface area contributed by atoms with Crippen molar-refractivity contribution in [2.45, 2.75) is 42.8 Å². The number of aromatic nitrogens is 2. The summed E-state index contributed by atoms with van der Waals surface area (Å²) >= 11 is 1.07. The van der Waals surface area contributed by atoms with Crippen LogP contribution < -0.4 is 16.3 Å². The van der Waals surface area contributed by atoms with Crippen molar-refractivity contribution in [3.05, 3.63) is 34.6 Å². The highest BCUT2D eigenvalue weighted by Gasteiger charge is 2.52. The number of carbonyl (C=O) groups excluding carboxylic acids is 3. The Labute approximate surface area is 170 Å².